The van der Waals surface area contributed by atoms with E-state index in [-0.39, 0.29) is 30.3 Å². The van der Waals surface area contributed by atoms with Crippen LogP contribution >= 0.6 is 0 Å². The lowest BCUT2D eigenvalue weighted by Gasteiger charge is -2.12. The van der Waals surface area contributed by atoms with Crippen LogP contribution < -0.4 is 0 Å². The van der Waals surface area contributed by atoms with Gasteiger partial charge in [-0.25, -0.2) is 14.4 Å². The second kappa shape index (κ2) is 12.4. The fourth-order valence-corrected chi connectivity index (χ4v) is 4.46. The maximum atomic E-state index is 12.5. The topological polar surface area (TPSA) is 78.9 Å². The predicted octanol–water partition coefficient (Wildman–Crippen LogP) is 7.27. The molecule has 0 spiro atoms. The van der Waals surface area contributed by atoms with Crippen LogP contribution in [0.25, 0.3) is 33.0 Å². The van der Waals surface area contributed by atoms with Crippen LogP contribution in [0.1, 0.15) is 64.3 Å². The Labute approximate surface area is 228 Å². The highest BCUT2D eigenvalue weighted by Crippen LogP contribution is 2.31. The molecule has 0 amide bonds. The maximum Gasteiger partial charge on any atom is 0.338 e. The SMILES string of the molecule is CCOC(=O)c1cc(CC)cc(-c2ccc3ccc(-c4cc(C(=O)OCC)cc(C(=O)OCC)c4)cc3c2)c1. The van der Waals surface area contributed by atoms with Crippen molar-refractivity contribution in [3.63, 3.8) is 0 Å². The van der Waals surface area contributed by atoms with E-state index in [1.807, 2.05) is 42.5 Å². The fourth-order valence-electron chi connectivity index (χ4n) is 4.46. The van der Waals surface area contributed by atoms with E-state index in [4.69, 9.17) is 14.2 Å². The zero-order chi connectivity index (χ0) is 27.9. The lowest BCUT2D eigenvalue weighted by molar-refractivity contribution is 0.0512. The van der Waals surface area contributed by atoms with Crippen molar-refractivity contribution in [2.45, 2.75) is 34.1 Å². The van der Waals surface area contributed by atoms with Crippen molar-refractivity contribution in [3.05, 3.63) is 95.1 Å². The van der Waals surface area contributed by atoms with Crippen LogP contribution in [-0.4, -0.2) is 37.7 Å². The lowest BCUT2D eigenvalue weighted by atomic mass is 9.94. The Morgan fingerprint density at radius 2 is 0.923 bits per heavy atom. The molecule has 0 aromatic heterocycles. The fraction of sp³-hybridized carbons (Fsp3) is 0.242. The average Bonchev–Trinajstić information content (AvgIpc) is 2.96. The Morgan fingerprint density at radius 1 is 0.487 bits per heavy atom. The summed E-state index contributed by atoms with van der Waals surface area (Å²) in [6.45, 7) is 8.10. The largest absolute Gasteiger partial charge is 0.462 e. The van der Waals surface area contributed by atoms with Gasteiger partial charge in [0.25, 0.3) is 0 Å². The normalized spacial score (nSPS) is 10.8. The minimum Gasteiger partial charge on any atom is -0.462 e. The lowest BCUT2D eigenvalue weighted by Crippen LogP contribution is -2.09. The molecule has 6 heteroatoms. The van der Waals surface area contributed by atoms with Crippen LogP contribution in [0.5, 0.6) is 0 Å². The van der Waals surface area contributed by atoms with E-state index in [0.29, 0.717) is 17.7 Å². The summed E-state index contributed by atoms with van der Waals surface area (Å²) < 4.78 is 15.6. The number of hydrogen-bond donors (Lipinski definition) is 0. The number of rotatable bonds is 9. The van der Waals surface area contributed by atoms with E-state index in [2.05, 4.69) is 19.1 Å². The van der Waals surface area contributed by atoms with Crippen LogP contribution in [0.4, 0.5) is 0 Å². The molecule has 0 aliphatic carbocycles. The molecule has 0 fully saturated rings. The van der Waals surface area contributed by atoms with Gasteiger partial charge < -0.3 is 14.2 Å². The molecule has 0 heterocycles. The second-order valence-corrected chi connectivity index (χ2v) is 9.01. The van der Waals surface area contributed by atoms with Crippen molar-refractivity contribution < 1.29 is 28.6 Å². The van der Waals surface area contributed by atoms with Crippen molar-refractivity contribution in [3.8, 4) is 22.3 Å². The summed E-state index contributed by atoms with van der Waals surface area (Å²) >= 11 is 0. The van der Waals surface area contributed by atoms with E-state index in [0.717, 1.165) is 39.4 Å². The first-order valence-corrected chi connectivity index (χ1v) is 13.2. The Kier molecular flexibility index (Phi) is 8.77. The summed E-state index contributed by atoms with van der Waals surface area (Å²) in [6, 6.07) is 22.9. The summed E-state index contributed by atoms with van der Waals surface area (Å²) in [7, 11) is 0. The zero-order valence-corrected chi connectivity index (χ0v) is 22.7. The number of benzene rings is 4. The summed E-state index contributed by atoms with van der Waals surface area (Å²) in [5.74, 6) is -1.33. The molecule has 6 nitrogen and oxygen atoms in total. The van der Waals surface area contributed by atoms with Gasteiger partial charge in [-0.2, -0.15) is 0 Å². The van der Waals surface area contributed by atoms with Crippen molar-refractivity contribution in [2.75, 3.05) is 19.8 Å². The number of carbonyl (C=O) groups excluding carboxylic acids is 3. The highest BCUT2D eigenvalue weighted by Gasteiger charge is 2.16. The van der Waals surface area contributed by atoms with Crippen LogP contribution in [-0.2, 0) is 20.6 Å². The number of carbonyl (C=O) groups is 3. The third-order valence-corrected chi connectivity index (χ3v) is 6.37. The van der Waals surface area contributed by atoms with Gasteiger partial charge in [-0.05, 0) is 108 Å². The van der Waals surface area contributed by atoms with E-state index in [9.17, 15) is 14.4 Å². The Bertz CT molecular complexity index is 1500. The summed E-state index contributed by atoms with van der Waals surface area (Å²) in [5, 5.41) is 2.01. The number of hydrogen-bond acceptors (Lipinski definition) is 6. The van der Waals surface area contributed by atoms with Gasteiger partial charge >= 0.3 is 17.9 Å². The molecule has 200 valence electrons. The van der Waals surface area contributed by atoms with E-state index in [1.165, 1.54) is 6.07 Å². The summed E-state index contributed by atoms with van der Waals surface area (Å²) in [4.78, 5) is 37.5. The summed E-state index contributed by atoms with van der Waals surface area (Å²) in [6.07, 6.45) is 0.789. The Hall–Kier alpha value is -4.45. The minimum atomic E-state index is -0.499. The van der Waals surface area contributed by atoms with Crippen molar-refractivity contribution in [1.29, 1.82) is 0 Å². The van der Waals surface area contributed by atoms with Crippen LogP contribution in [0.3, 0.4) is 0 Å². The molecular formula is C33H32O6. The standard InChI is InChI=1S/C33H32O6/c1-5-21-13-25(17-28(14-21)31(34)37-6-2)23-11-9-22-10-12-24(16-26(22)15-23)27-18-29(32(35)38-7-3)20-30(19-27)33(36)39-8-4/h9-20H,5-8H2,1-4H3. The van der Waals surface area contributed by atoms with Crippen molar-refractivity contribution in [1.82, 2.24) is 0 Å². The molecule has 0 aliphatic heterocycles. The third-order valence-electron chi connectivity index (χ3n) is 6.37. The van der Waals surface area contributed by atoms with Gasteiger partial charge in [0.05, 0.1) is 36.5 Å². The number of ether oxygens (including phenoxy) is 3. The second-order valence-electron chi connectivity index (χ2n) is 9.01. The predicted molar refractivity (Wildman–Crippen MR) is 152 cm³/mol. The average molecular weight is 525 g/mol. The molecular weight excluding hydrogens is 492 g/mol. The minimum absolute atomic E-state index is 0.230. The van der Waals surface area contributed by atoms with Crippen molar-refractivity contribution in [2.24, 2.45) is 0 Å². The van der Waals surface area contributed by atoms with Crippen molar-refractivity contribution >= 4 is 28.7 Å². The molecule has 0 radical (unpaired) electrons. The van der Waals surface area contributed by atoms with Gasteiger partial charge in [-0.15, -0.1) is 0 Å². The molecule has 0 unspecified atom stereocenters. The smallest absolute Gasteiger partial charge is 0.338 e. The van der Waals surface area contributed by atoms with E-state index in [1.54, 1.807) is 32.9 Å². The highest BCUT2D eigenvalue weighted by molar-refractivity contribution is 5.99. The zero-order valence-electron chi connectivity index (χ0n) is 22.7. The number of esters is 3. The quantitative estimate of drug-likeness (QED) is 0.169. The van der Waals surface area contributed by atoms with Crippen LogP contribution in [0.2, 0.25) is 0 Å². The molecule has 39 heavy (non-hydrogen) atoms. The number of aryl methyl sites for hydroxylation is 1. The molecule has 0 aliphatic rings. The monoisotopic (exact) mass is 524 g/mol. The maximum absolute atomic E-state index is 12.5. The van der Waals surface area contributed by atoms with E-state index < -0.39 is 11.9 Å². The van der Waals surface area contributed by atoms with Gasteiger partial charge in [0.2, 0.25) is 0 Å². The highest BCUT2D eigenvalue weighted by atomic mass is 16.5. The molecule has 0 atom stereocenters. The first-order valence-electron chi connectivity index (χ1n) is 13.2. The molecule has 4 aromatic carbocycles. The molecule has 0 bridgehead atoms. The molecule has 0 saturated heterocycles. The molecule has 0 saturated carbocycles. The van der Waals surface area contributed by atoms with Crippen LogP contribution in [0, 0.1) is 0 Å². The third kappa shape index (κ3) is 6.34. The summed E-state index contributed by atoms with van der Waals surface area (Å²) in [5.41, 5.74) is 5.59. The van der Waals surface area contributed by atoms with Gasteiger partial charge in [0.15, 0.2) is 0 Å². The van der Waals surface area contributed by atoms with E-state index >= 15 is 0 Å². The molecule has 0 N–H and O–H groups in total. The van der Waals surface area contributed by atoms with Gasteiger partial charge in [-0.3, -0.25) is 0 Å². The van der Waals surface area contributed by atoms with Gasteiger partial charge in [-0.1, -0.05) is 37.3 Å². The number of fused-ring (bicyclic) bond motifs is 1. The first-order chi connectivity index (χ1) is 18.9. The molecule has 4 rings (SSSR count). The van der Waals surface area contributed by atoms with Gasteiger partial charge in [0.1, 0.15) is 0 Å². The molecule has 4 aromatic rings. The Morgan fingerprint density at radius 3 is 1.36 bits per heavy atom. The Balaban J connectivity index is 1.80. The van der Waals surface area contributed by atoms with Crippen LogP contribution in [0.15, 0.2) is 72.8 Å². The van der Waals surface area contributed by atoms with Gasteiger partial charge in [0, 0.05) is 0 Å². The first kappa shape index (κ1) is 27.6.